The van der Waals surface area contributed by atoms with Crippen LogP contribution in [-0.2, 0) is 14.2 Å². The smallest absolute Gasteiger partial charge is 0.104 e. The number of β-amino-alcohol motifs (C(OH)–C–C–N with tert-alkyl or cyclic N) is 3. The highest BCUT2D eigenvalue weighted by Crippen LogP contribution is 2.10. The molecule has 0 aromatic heterocycles. The summed E-state index contributed by atoms with van der Waals surface area (Å²) in [7, 11) is 0. The van der Waals surface area contributed by atoms with Gasteiger partial charge in [0, 0.05) is 19.6 Å². The fourth-order valence-corrected chi connectivity index (χ4v) is 5.01. The summed E-state index contributed by atoms with van der Waals surface area (Å²) in [5.41, 5.74) is 0. The van der Waals surface area contributed by atoms with E-state index in [4.69, 9.17) is 14.2 Å². The summed E-state index contributed by atoms with van der Waals surface area (Å²) in [6.07, 6.45) is 5.24. The third-order valence-electron chi connectivity index (χ3n) is 6.76. The van der Waals surface area contributed by atoms with Crippen LogP contribution in [0.25, 0.3) is 0 Å². The lowest BCUT2D eigenvalue weighted by molar-refractivity contribution is -0.101. The summed E-state index contributed by atoms with van der Waals surface area (Å²) in [6, 6.07) is 0. The zero-order valence-corrected chi connectivity index (χ0v) is 20.4. The van der Waals surface area contributed by atoms with Crippen molar-refractivity contribution in [1.82, 2.24) is 14.7 Å². The highest BCUT2D eigenvalue weighted by molar-refractivity contribution is 4.73. The first-order valence-corrected chi connectivity index (χ1v) is 13.1. The third-order valence-corrected chi connectivity index (χ3v) is 6.76. The number of rotatable bonds is 17. The Hall–Kier alpha value is -0.360. The molecule has 3 unspecified atom stereocenters. The molecule has 0 aliphatic carbocycles. The molecular formula is C24H47N3O6. The molecular weight excluding hydrogens is 426 g/mol. The minimum Gasteiger partial charge on any atom is -0.389 e. The number of hydrogen-bond donors (Lipinski definition) is 3. The van der Waals surface area contributed by atoms with E-state index in [-0.39, 0.29) is 39.1 Å². The van der Waals surface area contributed by atoms with Gasteiger partial charge in [0.1, 0.15) is 6.10 Å². The maximum absolute atomic E-state index is 10.4. The molecule has 9 heteroatoms. The monoisotopic (exact) mass is 473 g/mol. The number of ether oxygens (including phenoxy) is 3. The maximum Gasteiger partial charge on any atom is 0.104 e. The largest absolute Gasteiger partial charge is 0.389 e. The van der Waals surface area contributed by atoms with Gasteiger partial charge in [0.15, 0.2) is 0 Å². The van der Waals surface area contributed by atoms with Gasteiger partial charge in [-0.2, -0.15) is 0 Å². The summed E-state index contributed by atoms with van der Waals surface area (Å²) in [4.78, 5) is 6.79. The Kier molecular flexibility index (Phi) is 12.9. The molecule has 194 valence electrons. The van der Waals surface area contributed by atoms with Crippen LogP contribution in [0.1, 0.15) is 38.5 Å². The van der Waals surface area contributed by atoms with Gasteiger partial charge in [0.05, 0.1) is 51.3 Å². The lowest BCUT2D eigenvalue weighted by Crippen LogP contribution is -2.38. The van der Waals surface area contributed by atoms with Crippen molar-refractivity contribution in [3.8, 4) is 0 Å². The molecule has 0 amide bonds. The van der Waals surface area contributed by atoms with Crippen molar-refractivity contribution in [2.75, 3.05) is 91.9 Å². The normalized spacial score (nSPS) is 24.5. The first kappa shape index (κ1) is 27.2. The van der Waals surface area contributed by atoms with Gasteiger partial charge in [-0.25, -0.2) is 0 Å². The van der Waals surface area contributed by atoms with Gasteiger partial charge in [-0.3, -0.25) is 0 Å². The van der Waals surface area contributed by atoms with E-state index in [0.29, 0.717) is 19.6 Å². The highest BCUT2D eigenvalue weighted by atomic mass is 16.6. The Balaban J connectivity index is 1.34. The van der Waals surface area contributed by atoms with Crippen molar-refractivity contribution in [1.29, 1.82) is 0 Å². The van der Waals surface area contributed by atoms with Gasteiger partial charge in [0.2, 0.25) is 0 Å². The van der Waals surface area contributed by atoms with E-state index in [1.807, 2.05) is 0 Å². The van der Waals surface area contributed by atoms with E-state index in [1.54, 1.807) is 0 Å². The van der Waals surface area contributed by atoms with Gasteiger partial charge in [-0.15, -0.1) is 0 Å². The van der Waals surface area contributed by atoms with Crippen molar-refractivity contribution in [3.05, 3.63) is 0 Å². The maximum atomic E-state index is 10.4. The molecule has 3 N–H and O–H groups in total. The number of likely N-dealkylation sites (tertiary alicyclic amines) is 3. The second-order valence-electron chi connectivity index (χ2n) is 10.0. The third kappa shape index (κ3) is 11.3. The molecule has 3 heterocycles. The van der Waals surface area contributed by atoms with E-state index >= 15 is 0 Å². The number of hydrogen-bond acceptors (Lipinski definition) is 9. The zero-order chi connectivity index (χ0) is 23.3. The second kappa shape index (κ2) is 15.6. The molecule has 33 heavy (non-hydrogen) atoms. The summed E-state index contributed by atoms with van der Waals surface area (Å²) in [6.45, 7) is 9.47. The van der Waals surface area contributed by atoms with Gasteiger partial charge in [-0.05, 0) is 77.8 Å². The number of aliphatic hydroxyl groups excluding tert-OH is 3. The van der Waals surface area contributed by atoms with Crippen LogP contribution < -0.4 is 0 Å². The van der Waals surface area contributed by atoms with Gasteiger partial charge < -0.3 is 44.2 Å². The Labute approximate surface area is 199 Å². The Morgan fingerprint density at radius 2 is 0.818 bits per heavy atom. The van der Waals surface area contributed by atoms with Crippen molar-refractivity contribution in [3.63, 3.8) is 0 Å². The minimum atomic E-state index is -0.549. The van der Waals surface area contributed by atoms with Crippen molar-refractivity contribution in [2.24, 2.45) is 0 Å². The molecule has 3 aliphatic rings. The number of nitrogens with zero attached hydrogens (tertiary/aromatic N) is 3. The second-order valence-corrected chi connectivity index (χ2v) is 10.0. The minimum absolute atomic E-state index is 0.223. The van der Waals surface area contributed by atoms with Crippen LogP contribution in [0.5, 0.6) is 0 Å². The fourth-order valence-electron chi connectivity index (χ4n) is 5.01. The lowest BCUT2D eigenvalue weighted by Gasteiger charge is -2.25. The summed E-state index contributed by atoms with van der Waals surface area (Å²) in [5.74, 6) is 0. The molecule has 0 saturated carbocycles. The molecule has 9 nitrogen and oxygen atoms in total. The van der Waals surface area contributed by atoms with E-state index in [2.05, 4.69) is 14.7 Å². The Bertz CT molecular complexity index is 469. The van der Waals surface area contributed by atoms with E-state index in [1.165, 1.54) is 38.5 Å². The van der Waals surface area contributed by atoms with Gasteiger partial charge in [-0.1, -0.05) is 0 Å². The standard InChI is InChI=1S/C24H47N3O6/c28-21(13-25-7-1-2-8-25)16-31-19-24(33-18-23(30)15-27-11-5-6-12-27)20-32-17-22(29)14-26-9-3-4-10-26/h21-24,28-30H,1-20H2. The quantitative estimate of drug-likeness (QED) is 0.265. The molecule has 0 bridgehead atoms. The van der Waals surface area contributed by atoms with Crippen LogP contribution in [-0.4, -0.2) is 146 Å². The first-order valence-electron chi connectivity index (χ1n) is 13.1. The lowest BCUT2D eigenvalue weighted by atomic mass is 10.3. The Morgan fingerprint density at radius 3 is 1.18 bits per heavy atom. The molecule has 3 aliphatic heterocycles. The number of aliphatic hydroxyl groups is 3. The molecule has 3 fully saturated rings. The van der Waals surface area contributed by atoms with E-state index < -0.39 is 18.3 Å². The average molecular weight is 474 g/mol. The zero-order valence-electron chi connectivity index (χ0n) is 20.4. The Morgan fingerprint density at radius 1 is 0.485 bits per heavy atom. The van der Waals surface area contributed by atoms with Crippen LogP contribution in [0, 0.1) is 0 Å². The molecule has 0 spiro atoms. The van der Waals surface area contributed by atoms with E-state index in [0.717, 1.165) is 39.3 Å². The molecule has 0 radical (unpaired) electrons. The summed E-state index contributed by atoms with van der Waals surface area (Å²) >= 11 is 0. The summed E-state index contributed by atoms with van der Waals surface area (Å²) in [5, 5.41) is 30.9. The highest BCUT2D eigenvalue weighted by Gasteiger charge is 2.21. The van der Waals surface area contributed by atoms with Crippen LogP contribution >= 0.6 is 0 Å². The van der Waals surface area contributed by atoms with E-state index in [9.17, 15) is 15.3 Å². The van der Waals surface area contributed by atoms with Gasteiger partial charge in [0.25, 0.3) is 0 Å². The first-order chi connectivity index (χ1) is 16.1. The molecule has 3 rings (SSSR count). The fraction of sp³-hybridized carbons (Fsp3) is 1.00. The molecule has 3 atom stereocenters. The summed E-state index contributed by atoms with van der Waals surface area (Å²) < 4.78 is 17.4. The topological polar surface area (TPSA) is 98.1 Å². The van der Waals surface area contributed by atoms with Crippen LogP contribution in [0.3, 0.4) is 0 Å². The SMILES string of the molecule is OC(COCC(COCC(O)CN1CCCC1)OCC(O)CN1CCCC1)CN1CCCC1. The van der Waals surface area contributed by atoms with Crippen molar-refractivity contribution < 1.29 is 29.5 Å². The predicted molar refractivity (Wildman–Crippen MR) is 126 cm³/mol. The van der Waals surface area contributed by atoms with Crippen molar-refractivity contribution >= 4 is 0 Å². The predicted octanol–water partition coefficient (Wildman–Crippen LogP) is -0.225. The van der Waals surface area contributed by atoms with Crippen LogP contribution in [0.2, 0.25) is 0 Å². The molecule has 3 saturated heterocycles. The van der Waals surface area contributed by atoms with Crippen molar-refractivity contribution in [2.45, 2.75) is 62.9 Å². The molecule has 0 aromatic carbocycles. The molecule has 0 aromatic rings. The van der Waals surface area contributed by atoms with Gasteiger partial charge >= 0.3 is 0 Å². The van der Waals surface area contributed by atoms with Crippen LogP contribution in [0.15, 0.2) is 0 Å². The average Bonchev–Trinajstić information content (AvgIpc) is 3.56. The van der Waals surface area contributed by atoms with Crippen LogP contribution in [0.4, 0.5) is 0 Å².